The second-order valence-electron chi connectivity index (χ2n) is 1.96. The number of nitrogens with two attached hydrogens (primary N) is 1. The van der Waals surface area contributed by atoms with Gasteiger partial charge in [-0.2, -0.15) is 0 Å². The van der Waals surface area contributed by atoms with E-state index >= 15 is 0 Å². The fraction of sp³-hybridized carbons (Fsp3) is 0.286. The van der Waals surface area contributed by atoms with Gasteiger partial charge < -0.3 is 5.73 Å². The molecule has 4 heteroatoms. The number of pyridine rings is 1. The fourth-order valence-electron chi connectivity index (χ4n) is 0.649. The number of hydrogen-bond acceptors (Lipinski definition) is 4. The van der Waals surface area contributed by atoms with Crippen LogP contribution in [0.1, 0.15) is 0 Å². The van der Waals surface area contributed by atoms with Crippen LogP contribution >= 0.6 is 24.4 Å². The number of rotatable bonds is 3. The Morgan fingerprint density at radius 2 is 2.45 bits per heavy atom. The second kappa shape index (κ2) is 4.64. The number of thiol groups is 1. The molecule has 1 heterocycles. The molecule has 0 fully saturated rings. The minimum atomic E-state index is 0.675. The molecule has 2 nitrogen and oxygen atoms in total. The SMILES string of the molecule is NCCSc1ncccc1S. The summed E-state index contributed by atoms with van der Waals surface area (Å²) in [6, 6.07) is 3.80. The Labute approximate surface area is 76.0 Å². The molecule has 0 aliphatic rings. The number of thioether (sulfide) groups is 1. The lowest BCUT2D eigenvalue weighted by molar-refractivity contribution is 1.03. The molecule has 2 N–H and O–H groups in total. The van der Waals surface area contributed by atoms with Crippen molar-refractivity contribution in [1.29, 1.82) is 0 Å². The molecule has 0 saturated heterocycles. The molecule has 0 aliphatic heterocycles. The maximum atomic E-state index is 5.35. The third kappa shape index (κ3) is 2.73. The smallest absolute Gasteiger partial charge is 0.109 e. The second-order valence-corrected chi connectivity index (χ2v) is 3.53. The zero-order valence-corrected chi connectivity index (χ0v) is 7.74. The van der Waals surface area contributed by atoms with Crippen molar-refractivity contribution < 1.29 is 0 Å². The predicted molar refractivity (Wildman–Crippen MR) is 51.3 cm³/mol. The normalized spacial score (nSPS) is 10.0. The molecule has 60 valence electrons. The van der Waals surface area contributed by atoms with E-state index in [4.69, 9.17) is 5.73 Å². The first-order valence-electron chi connectivity index (χ1n) is 3.31. The van der Waals surface area contributed by atoms with Crippen LogP contribution in [0.2, 0.25) is 0 Å². The first-order valence-corrected chi connectivity index (χ1v) is 4.74. The van der Waals surface area contributed by atoms with Gasteiger partial charge in [-0.05, 0) is 12.1 Å². The minimum Gasteiger partial charge on any atom is -0.330 e. The van der Waals surface area contributed by atoms with Gasteiger partial charge in [-0.15, -0.1) is 24.4 Å². The van der Waals surface area contributed by atoms with Crippen LogP contribution in [0.15, 0.2) is 28.3 Å². The van der Waals surface area contributed by atoms with Gasteiger partial charge in [-0.1, -0.05) is 0 Å². The highest BCUT2D eigenvalue weighted by Gasteiger charge is 1.97. The molecular weight excluding hydrogens is 176 g/mol. The molecule has 0 aromatic carbocycles. The van der Waals surface area contributed by atoms with Crippen LogP contribution in [0.3, 0.4) is 0 Å². The number of nitrogens with zero attached hydrogens (tertiary/aromatic N) is 1. The van der Waals surface area contributed by atoms with Crippen LogP contribution in [0, 0.1) is 0 Å². The highest BCUT2D eigenvalue weighted by Crippen LogP contribution is 2.21. The van der Waals surface area contributed by atoms with E-state index in [0.29, 0.717) is 6.54 Å². The fourth-order valence-corrected chi connectivity index (χ4v) is 1.65. The van der Waals surface area contributed by atoms with E-state index in [-0.39, 0.29) is 0 Å². The molecule has 0 radical (unpaired) electrons. The van der Waals surface area contributed by atoms with Crippen LogP contribution in [-0.4, -0.2) is 17.3 Å². The quantitative estimate of drug-likeness (QED) is 0.554. The predicted octanol–water partition coefficient (Wildman–Crippen LogP) is 1.42. The lowest BCUT2D eigenvalue weighted by Gasteiger charge is -2.00. The number of hydrogen-bond donors (Lipinski definition) is 2. The summed E-state index contributed by atoms with van der Waals surface area (Å²) in [5.74, 6) is 0.893. The summed E-state index contributed by atoms with van der Waals surface area (Å²) in [5.41, 5.74) is 5.35. The molecule has 0 amide bonds. The van der Waals surface area contributed by atoms with Crippen LogP contribution < -0.4 is 5.73 Å². The molecule has 0 spiro atoms. The van der Waals surface area contributed by atoms with Crippen molar-refractivity contribution >= 4 is 24.4 Å². The Bertz CT molecular complexity index is 227. The molecular formula is C7H10N2S2. The van der Waals surface area contributed by atoms with Crippen LogP contribution in [0.25, 0.3) is 0 Å². The molecule has 1 aromatic heterocycles. The summed E-state index contributed by atoms with van der Waals surface area (Å²) in [7, 11) is 0. The van der Waals surface area contributed by atoms with Gasteiger partial charge in [0, 0.05) is 23.4 Å². The molecule has 0 bridgehead atoms. The van der Waals surface area contributed by atoms with Crippen molar-refractivity contribution in [2.75, 3.05) is 12.3 Å². The van der Waals surface area contributed by atoms with Gasteiger partial charge in [0.05, 0.1) is 0 Å². The van der Waals surface area contributed by atoms with Crippen LogP contribution in [-0.2, 0) is 0 Å². The van der Waals surface area contributed by atoms with Gasteiger partial charge in [0.1, 0.15) is 5.03 Å². The lowest BCUT2D eigenvalue weighted by Crippen LogP contribution is -2.01. The van der Waals surface area contributed by atoms with E-state index in [0.717, 1.165) is 15.7 Å². The van der Waals surface area contributed by atoms with Crippen molar-refractivity contribution in [3.8, 4) is 0 Å². The summed E-state index contributed by atoms with van der Waals surface area (Å²) < 4.78 is 0. The molecule has 0 atom stereocenters. The summed E-state index contributed by atoms with van der Waals surface area (Å²) in [6.07, 6.45) is 1.76. The monoisotopic (exact) mass is 186 g/mol. The third-order valence-corrected chi connectivity index (χ3v) is 2.66. The summed E-state index contributed by atoms with van der Waals surface area (Å²) >= 11 is 5.88. The lowest BCUT2D eigenvalue weighted by atomic mass is 10.5. The maximum absolute atomic E-state index is 5.35. The third-order valence-electron chi connectivity index (χ3n) is 1.11. The average molecular weight is 186 g/mol. The summed E-state index contributed by atoms with van der Waals surface area (Å²) in [6.45, 7) is 0.675. The highest BCUT2D eigenvalue weighted by atomic mass is 32.2. The van der Waals surface area contributed by atoms with Gasteiger partial charge in [-0.25, -0.2) is 4.98 Å². The zero-order valence-electron chi connectivity index (χ0n) is 6.03. The maximum Gasteiger partial charge on any atom is 0.109 e. The minimum absolute atomic E-state index is 0.675. The number of aromatic nitrogens is 1. The van der Waals surface area contributed by atoms with Gasteiger partial charge in [0.15, 0.2) is 0 Å². The first-order chi connectivity index (χ1) is 5.34. The van der Waals surface area contributed by atoms with E-state index in [9.17, 15) is 0 Å². The van der Waals surface area contributed by atoms with Crippen molar-refractivity contribution in [2.24, 2.45) is 5.73 Å². The molecule has 0 aliphatic carbocycles. The Morgan fingerprint density at radius 1 is 1.64 bits per heavy atom. The van der Waals surface area contributed by atoms with Gasteiger partial charge >= 0.3 is 0 Å². The van der Waals surface area contributed by atoms with E-state index in [1.54, 1.807) is 18.0 Å². The molecule has 11 heavy (non-hydrogen) atoms. The van der Waals surface area contributed by atoms with Crippen molar-refractivity contribution in [2.45, 2.75) is 9.92 Å². The van der Waals surface area contributed by atoms with Gasteiger partial charge in [0.25, 0.3) is 0 Å². The Balaban J connectivity index is 2.62. The molecule has 0 saturated carbocycles. The topological polar surface area (TPSA) is 38.9 Å². The summed E-state index contributed by atoms with van der Waals surface area (Å²) in [5, 5.41) is 0.960. The van der Waals surface area contributed by atoms with E-state index in [1.165, 1.54) is 0 Å². The van der Waals surface area contributed by atoms with E-state index in [2.05, 4.69) is 17.6 Å². The van der Waals surface area contributed by atoms with Crippen molar-refractivity contribution in [3.05, 3.63) is 18.3 Å². The van der Waals surface area contributed by atoms with Crippen LogP contribution in [0.4, 0.5) is 0 Å². The van der Waals surface area contributed by atoms with Gasteiger partial charge in [-0.3, -0.25) is 0 Å². The van der Waals surface area contributed by atoms with E-state index in [1.807, 2.05) is 12.1 Å². The highest BCUT2D eigenvalue weighted by molar-refractivity contribution is 7.99. The van der Waals surface area contributed by atoms with Crippen LogP contribution in [0.5, 0.6) is 0 Å². The van der Waals surface area contributed by atoms with Crippen molar-refractivity contribution in [1.82, 2.24) is 4.98 Å². The molecule has 1 rings (SSSR count). The molecule has 1 aromatic rings. The average Bonchev–Trinajstić information content (AvgIpc) is 2.03. The molecule has 0 unspecified atom stereocenters. The largest absolute Gasteiger partial charge is 0.330 e. The zero-order chi connectivity index (χ0) is 8.10. The Hall–Kier alpha value is -0.190. The summed E-state index contributed by atoms with van der Waals surface area (Å²) in [4.78, 5) is 5.07. The van der Waals surface area contributed by atoms with Crippen molar-refractivity contribution in [3.63, 3.8) is 0 Å². The Kier molecular flexibility index (Phi) is 3.76. The van der Waals surface area contributed by atoms with Gasteiger partial charge in [0.2, 0.25) is 0 Å². The Morgan fingerprint density at radius 3 is 3.09 bits per heavy atom. The first kappa shape index (κ1) is 8.90. The van der Waals surface area contributed by atoms with E-state index < -0.39 is 0 Å². The standard InChI is InChI=1S/C7H10N2S2/c8-3-5-11-7-6(10)2-1-4-9-7/h1-2,4,10H,3,5,8H2.